The van der Waals surface area contributed by atoms with E-state index in [4.69, 9.17) is 4.74 Å². The maximum absolute atomic E-state index is 14.2. The van der Waals surface area contributed by atoms with Crippen LogP contribution in [0.2, 0.25) is 0 Å². The number of hydrogen-bond donors (Lipinski definition) is 1. The summed E-state index contributed by atoms with van der Waals surface area (Å²) < 4.78 is 19.1. The van der Waals surface area contributed by atoms with E-state index >= 15 is 0 Å². The summed E-state index contributed by atoms with van der Waals surface area (Å²) in [5.74, 6) is -0.407. The summed E-state index contributed by atoms with van der Waals surface area (Å²) >= 11 is 0. The average Bonchev–Trinajstić information content (AvgIpc) is 2.65. The van der Waals surface area contributed by atoms with Crippen LogP contribution in [0.15, 0.2) is 42.6 Å². The molecule has 0 bridgehead atoms. The van der Waals surface area contributed by atoms with E-state index in [2.05, 4.69) is 15.2 Å². The minimum absolute atomic E-state index is 0.0301. The number of pyridine rings is 1. The predicted molar refractivity (Wildman–Crippen MR) is 93.0 cm³/mol. The van der Waals surface area contributed by atoms with E-state index in [9.17, 15) is 9.18 Å². The Morgan fingerprint density at radius 3 is 2.68 bits per heavy atom. The third kappa shape index (κ3) is 4.33. The van der Waals surface area contributed by atoms with Gasteiger partial charge in [-0.1, -0.05) is 18.2 Å². The van der Waals surface area contributed by atoms with Gasteiger partial charge in [-0.2, -0.15) is 0 Å². The molecular formula is C19H22FN3O2. The molecule has 0 radical (unpaired) electrons. The highest BCUT2D eigenvalue weighted by Gasteiger charge is 2.22. The first-order valence-electron chi connectivity index (χ1n) is 8.43. The summed E-state index contributed by atoms with van der Waals surface area (Å²) in [7, 11) is 1.41. The molecule has 132 valence electrons. The Balaban J connectivity index is 1.51. The fraction of sp³-hybridized carbons (Fsp3) is 0.368. The number of aromatic nitrogens is 1. The zero-order chi connectivity index (χ0) is 17.6. The Labute approximate surface area is 146 Å². The molecule has 6 heteroatoms. The van der Waals surface area contributed by atoms with Crippen molar-refractivity contribution in [3.8, 4) is 5.88 Å². The number of methoxy groups -OCH3 is 1. The molecule has 1 aliphatic rings. The number of amides is 1. The van der Waals surface area contributed by atoms with Crippen molar-refractivity contribution in [3.05, 3.63) is 59.5 Å². The summed E-state index contributed by atoms with van der Waals surface area (Å²) in [5, 5.41) is 3.08. The smallest absolute Gasteiger partial charge is 0.251 e. The largest absolute Gasteiger partial charge is 0.479 e. The van der Waals surface area contributed by atoms with Crippen LogP contribution in [0.5, 0.6) is 5.88 Å². The summed E-state index contributed by atoms with van der Waals surface area (Å²) in [6.07, 6.45) is 3.26. The molecule has 2 aromatic rings. The number of ether oxygens (including phenoxy) is 1. The van der Waals surface area contributed by atoms with Crippen molar-refractivity contribution in [1.29, 1.82) is 0 Å². The van der Waals surface area contributed by atoms with Crippen LogP contribution < -0.4 is 10.1 Å². The van der Waals surface area contributed by atoms with Crippen LogP contribution in [-0.4, -0.2) is 42.0 Å². The lowest BCUT2D eigenvalue weighted by atomic mass is 10.0. The minimum Gasteiger partial charge on any atom is -0.479 e. The number of rotatable bonds is 5. The lowest BCUT2D eigenvalue weighted by molar-refractivity contribution is 0.0908. The van der Waals surface area contributed by atoms with Crippen LogP contribution in [0.3, 0.4) is 0 Å². The van der Waals surface area contributed by atoms with Gasteiger partial charge in [0.05, 0.1) is 7.11 Å². The number of piperidine rings is 1. The highest BCUT2D eigenvalue weighted by Crippen LogP contribution is 2.20. The molecule has 2 heterocycles. The van der Waals surface area contributed by atoms with Crippen molar-refractivity contribution in [1.82, 2.24) is 15.2 Å². The first-order chi connectivity index (χ1) is 12.2. The van der Waals surface area contributed by atoms with E-state index in [1.54, 1.807) is 12.3 Å². The topological polar surface area (TPSA) is 54.5 Å². The second-order valence-corrected chi connectivity index (χ2v) is 6.18. The number of hydrogen-bond acceptors (Lipinski definition) is 4. The highest BCUT2D eigenvalue weighted by molar-refractivity contribution is 5.94. The van der Waals surface area contributed by atoms with Gasteiger partial charge in [-0.05, 0) is 31.0 Å². The van der Waals surface area contributed by atoms with Crippen LogP contribution in [0.25, 0.3) is 0 Å². The van der Waals surface area contributed by atoms with Gasteiger partial charge in [-0.25, -0.2) is 9.37 Å². The summed E-state index contributed by atoms with van der Waals surface area (Å²) in [6, 6.07) is 11.1. The van der Waals surface area contributed by atoms with Crippen molar-refractivity contribution in [2.45, 2.75) is 25.4 Å². The van der Waals surface area contributed by atoms with Crippen LogP contribution in [0.1, 0.15) is 28.8 Å². The third-order valence-electron chi connectivity index (χ3n) is 4.48. The van der Waals surface area contributed by atoms with Gasteiger partial charge in [0.2, 0.25) is 5.88 Å². The van der Waals surface area contributed by atoms with Crippen LogP contribution in [0.4, 0.5) is 4.39 Å². The maximum atomic E-state index is 14.2. The fourth-order valence-electron chi connectivity index (χ4n) is 3.06. The monoisotopic (exact) mass is 343 g/mol. The summed E-state index contributed by atoms with van der Waals surface area (Å²) in [5.41, 5.74) is 1.26. The maximum Gasteiger partial charge on any atom is 0.251 e. The molecule has 1 N–H and O–H groups in total. The van der Waals surface area contributed by atoms with Gasteiger partial charge < -0.3 is 10.1 Å². The van der Waals surface area contributed by atoms with E-state index in [1.807, 2.05) is 30.3 Å². The molecule has 1 aromatic carbocycles. The van der Waals surface area contributed by atoms with E-state index in [-0.39, 0.29) is 17.8 Å². The molecule has 1 fully saturated rings. The molecular weight excluding hydrogens is 321 g/mol. The van der Waals surface area contributed by atoms with Crippen LogP contribution in [-0.2, 0) is 6.54 Å². The first-order valence-corrected chi connectivity index (χ1v) is 8.43. The molecule has 0 atom stereocenters. The Hall–Kier alpha value is -2.47. The summed E-state index contributed by atoms with van der Waals surface area (Å²) in [4.78, 5) is 18.2. The van der Waals surface area contributed by atoms with Crippen molar-refractivity contribution < 1.29 is 13.9 Å². The van der Waals surface area contributed by atoms with Crippen LogP contribution >= 0.6 is 0 Å². The second-order valence-electron chi connectivity index (χ2n) is 6.18. The average molecular weight is 343 g/mol. The SMILES string of the molecule is COc1nccc(CN2CCC(NC(=O)c3ccccc3)CC2)c1F. The Morgan fingerprint density at radius 2 is 2.00 bits per heavy atom. The quantitative estimate of drug-likeness (QED) is 0.907. The second kappa shape index (κ2) is 8.07. The standard InChI is InChI=1S/C19H22FN3O2/c1-25-19-17(20)15(7-10-21-19)13-23-11-8-16(9-12-23)22-18(24)14-5-3-2-4-6-14/h2-7,10,16H,8-9,11-13H2,1H3,(H,22,24). The molecule has 3 rings (SSSR count). The molecule has 1 saturated heterocycles. The van der Waals surface area contributed by atoms with Gasteiger partial charge in [-0.15, -0.1) is 0 Å². The molecule has 5 nitrogen and oxygen atoms in total. The lowest BCUT2D eigenvalue weighted by Crippen LogP contribution is -2.44. The van der Waals surface area contributed by atoms with Gasteiger partial charge >= 0.3 is 0 Å². The van der Waals surface area contributed by atoms with Crippen molar-refractivity contribution in [2.24, 2.45) is 0 Å². The number of likely N-dealkylation sites (tertiary alicyclic amines) is 1. The highest BCUT2D eigenvalue weighted by atomic mass is 19.1. The molecule has 1 amide bonds. The Kier molecular flexibility index (Phi) is 5.60. The van der Waals surface area contributed by atoms with Gasteiger partial charge in [0, 0.05) is 43.0 Å². The van der Waals surface area contributed by atoms with Gasteiger partial charge in [0.1, 0.15) is 0 Å². The van der Waals surface area contributed by atoms with Crippen molar-refractivity contribution >= 4 is 5.91 Å². The minimum atomic E-state index is -0.399. The number of carbonyl (C=O) groups is 1. The number of nitrogens with one attached hydrogen (secondary N) is 1. The van der Waals surface area contributed by atoms with Gasteiger partial charge in [-0.3, -0.25) is 9.69 Å². The zero-order valence-electron chi connectivity index (χ0n) is 14.2. The van der Waals surface area contributed by atoms with Gasteiger partial charge in [0.15, 0.2) is 5.82 Å². The molecule has 0 saturated carbocycles. The number of nitrogens with zero attached hydrogens (tertiary/aromatic N) is 2. The molecule has 25 heavy (non-hydrogen) atoms. The molecule has 0 spiro atoms. The number of carbonyl (C=O) groups excluding carboxylic acids is 1. The van der Waals surface area contributed by atoms with Crippen molar-refractivity contribution in [2.75, 3.05) is 20.2 Å². The van der Waals surface area contributed by atoms with E-state index in [0.29, 0.717) is 17.7 Å². The zero-order valence-corrected chi connectivity index (χ0v) is 14.2. The van der Waals surface area contributed by atoms with E-state index in [0.717, 1.165) is 25.9 Å². The first kappa shape index (κ1) is 17.4. The molecule has 0 aliphatic carbocycles. The Morgan fingerprint density at radius 1 is 1.28 bits per heavy atom. The van der Waals surface area contributed by atoms with E-state index in [1.165, 1.54) is 7.11 Å². The number of halogens is 1. The molecule has 1 aliphatic heterocycles. The van der Waals surface area contributed by atoms with E-state index < -0.39 is 5.82 Å². The number of benzene rings is 1. The van der Waals surface area contributed by atoms with Crippen LogP contribution in [0, 0.1) is 5.82 Å². The molecule has 1 aromatic heterocycles. The summed E-state index contributed by atoms with van der Waals surface area (Å²) in [6.45, 7) is 2.14. The van der Waals surface area contributed by atoms with Crippen molar-refractivity contribution in [3.63, 3.8) is 0 Å². The fourth-order valence-corrected chi connectivity index (χ4v) is 3.06. The van der Waals surface area contributed by atoms with Gasteiger partial charge in [0.25, 0.3) is 5.91 Å². The lowest BCUT2D eigenvalue weighted by Gasteiger charge is -2.32. The predicted octanol–water partition coefficient (Wildman–Crippen LogP) is 2.62. The third-order valence-corrected chi connectivity index (χ3v) is 4.48. The molecule has 0 unspecified atom stereocenters. The Bertz CT molecular complexity index is 716. The normalized spacial score (nSPS) is 15.8.